The van der Waals surface area contributed by atoms with E-state index < -0.39 is 0 Å². The Morgan fingerprint density at radius 1 is 1.11 bits per heavy atom. The van der Waals surface area contributed by atoms with Crippen LogP contribution in [0.5, 0.6) is 0 Å². The molecule has 0 radical (unpaired) electrons. The predicted octanol–water partition coefficient (Wildman–Crippen LogP) is 2.31. The normalized spacial score (nSPS) is 17.2. The van der Waals surface area contributed by atoms with Crippen LogP contribution in [0.4, 0.5) is 23.3 Å². The first kappa shape index (κ1) is 23.0. The van der Waals surface area contributed by atoms with Gasteiger partial charge in [-0.1, -0.05) is 6.58 Å². The molecule has 0 bridgehead atoms. The molecule has 0 saturated carbocycles. The van der Waals surface area contributed by atoms with Gasteiger partial charge in [-0.05, 0) is 36.6 Å². The first-order valence-corrected chi connectivity index (χ1v) is 11.7. The van der Waals surface area contributed by atoms with E-state index in [9.17, 15) is 10.1 Å². The minimum absolute atomic E-state index is 0.0166. The quantitative estimate of drug-likeness (QED) is 0.483. The number of carbonyl (C=O) groups excluding carboxylic acids is 1. The monoisotopic (exact) mass is 480 g/mol. The number of carbonyl (C=O) groups is 1. The number of hydrogen-bond donors (Lipinski definition) is 2. The van der Waals surface area contributed by atoms with E-state index in [2.05, 4.69) is 48.3 Å². The highest BCUT2D eigenvalue weighted by Gasteiger charge is 2.31. The van der Waals surface area contributed by atoms with Crippen LogP contribution in [0, 0.1) is 34.5 Å². The van der Waals surface area contributed by atoms with Crippen LogP contribution in [0.2, 0.25) is 0 Å². The maximum Gasteiger partial charge on any atom is 0.247 e. The largest absolute Gasteiger partial charge is 0.354 e. The molecule has 1 atom stereocenters. The molecule has 0 aliphatic carbocycles. The molecule has 180 valence electrons. The van der Waals surface area contributed by atoms with Gasteiger partial charge in [0.05, 0.1) is 29.9 Å². The van der Waals surface area contributed by atoms with Gasteiger partial charge in [0.1, 0.15) is 6.07 Å². The summed E-state index contributed by atoms with van der Waals surface area (Å²) in [6.07, 6.45) is 5.21. The summed E-state index contributed by atoms with van der Waals surface area (Å²) in [5, 5.41) is 35.1. The molecule has 2 aliphatic rings. The zero-order chi connectivity index (χ0) is 25.1. The molecule has 2 fully saturated rings. The van der Waals surface area contributed by atoms with Gasteiger partial charge >= 0.3 is 0 Å². The summed E-state index contributed by atoms with van der Waals surface area (Å²) in [5.74, 6) is 2.07. The van der Waals surface area contributed by atoms with Crippen LogP contribution >= 0.6 is 0 Å². The van der Waals surface area contributed by atoms with Crippen molar-refractivity contribution in [3.05, 3.63) is 48.8 Å². The lowest BCUT2D eigenvalue weighted by Gasteiger charge is -2.36. The van der Waals surface area contributed by atoms with Crippen LogP contribution in [0.15, 0.2) is 43.2 Å². The number of benzene rings is 1. The van der Waals surface area contributed by atoms with Crippen molar-refractivity contribution in [2.24, 2.45) is 11.8 Å². The lowest BCUT2D eigenvalue weighted by molar-refractivity contribution is -0.111. The molecule has 1 unspecified atom stereocenters. The van der Waals surface area contributed by atoms with Gasteiger partial charge in [-0.25, -0.2) is 9.97 Å². The number of hydrogen-bond acceptors (Lipinski definition) is 10. The molecule has 2 aromatic heterocycles. The Hall–Kier alpha value is -4.77. The Morgan fingerprint density at radius 2 is 1.86 bits per heavy atom. The highest BCUT2D eigenvalue weighted by Crippen LogP contribution is 2.36. The van der Waals surface area contributed by atoms with E-state index in [1.807, 2.05) is 29.2 Å². The smallest absolute Gasteiger partial charge is 0.247 e. The number of amides is 1. The fourth-order valence-electron chi connectivity index (χ4n) is 4.50. The van der Waals surface area contributed by atoms with E-state index >= 15 is 0 Å². The van der Waals surface area contributed by atoms with E-state index in [1.165, 1.54) is 18.5 Å². The second-order valence-corrected chi connectivity index (χ2v) is 8.92. The lowest BCUT2D eigenvalue weighted by atomic mass is 10.0. The standard InChI is InChI=1S/C25H24N10O/c1-2-22(36)31-19-3-4-20-21(7-19)24(35-14-18(9-27)15-35)33-32-23(20)34-6-5-16(13-34)10-28-25-29-11-17(8-26)12-30-25/h2-4,7,11-12,16,18H,1,5-6,10,13-15H2,(H,31,36)(H,28,29,30). The Balaban J connectivity index is 1.36. The fourth-order valence-corrected chi connectivity index (χ4v) is 4.50. The van der Waals surface area contributed by atoms with Crippen LogP contribution in [0.1, 0.15) is 12.0 Å². The molecule has 4 heterocycles. The number of rotatable bonds is 7. The van der Waals surface area contributed by atoms with Crippen molar-refractivity contribution in [1.29, 1.82) is 10.5 Å². The van der Waals surface area contributed by atoms with Crippen LogP contribution in [0.25, 0.3) is 10.8 Å². The average molecular weight is 481 g/mol. The summed E-state index contributed by atoms with van der Waals surface area (Å²) >= 11 is 0. The molecule has 11 nitrogen and oxygen atoms in total. The van der Waals surface area contributed by atoms with Crippen molar-refractivity contribution in [3.8, 4) is 12.1 Å². The molecule has 2 N–H and O–H groups in total. The molecule has 1 aromatic carbocycles. The summed E-state index contributed by atoms with van der Waals surface area (Å²) < 4.78 is 0. The van der Waals surface area contributed by atoms with Crippen molar-refractivity contribution >= 4 is 40.0 Å². The zero-order valence-corrected chi connectivity index (χ0v) is 19.6. The zero-order valence-electron chi connectivity index (χ0n) is 19.6. The Kier molecular flexibility index (Phi) is 6.29. The summed E-state index contributed by atoms with van der Waals surface area (Å²) in [7, 11) is 0. The van der Waals surface area contributed by atoms with Gasteiger partial charge in [-0.3, -0.25) is 4.79 Å². The number of nitriles is 2. The van der Waals surface area contributed by atoms with Crippen molar-refractivity contribution in [1.82, 2.24) is 20.2 Å². The van der Waals surface area contributed by atoms with Gasteiger partial charge in [0.2, 0.25) is 11.9 Å². The molecule has 3 aromatic rings. The van der Waals surface area contributed by atoms with Gasteiger partial charge in [0, 0.05) is 49.2 Å². The first-order chi connectivity index (χ1) is 17.6. The van der Waals surface area contributed by atoms with Crippen molar-refractivity contribution in [3.63, 3.8) is 0 Å². The summed E-state index contributed by atoms with van der Waals surface area (Å²) in [5.41, 5.74) is 1.07. The second-order valence-electron chi connectivity index (χ2n) is 8.92. The molecule has 0 spiro atoms. The molecular weight excluding hydrogens is 456 g/mol. The van der Waals surface area contributed by atoms with E-state index in [-0.39, 0.29) is 11.8 Å². The topological polar surface area (TPSA) is 147 Å². The van der Waals surface area contributed by atoms with Crippen LogP contribution < -0.4 is 20.4 Å². The molecule has 36 heavy (non-hydrogen) atoms. The van der Waals surface area contributed by atoms with Gasteiger partial charge in [-0.15, -0.1) is 10.2 Å². The lowest BCUT2D eigenvalue weighted by Crippen LogP contribution is -2.46. The van der Waals surface area contributed by atoms with Crippen LogP contribution in [-0.2, 0) is 4.79 Å². The number of nitrogens with zero attached hydrogens (tertiary/aromatic N) is 8. The summed E-state index contributed by atoms with van der Waals surface area (Å²) in [4.78, 5) is 24.5. The Labute approximate surface area is 208 Å². The number of anilines is 4. The van der Waals surface area contributed by atoms with E-state index in [0.717, 1.165) is 36.1 Å². The average Bonchev–Trinajstić information content (AvgIpc) is 3.36. The third-order valence-corrected chi connectivity index (χ3v) is 6.47. The Morgan fingerprint density at radius 3 is 2.56 bits per heavy atom. The third kappa shape index (κ3) is 4.59. The SMILES string of the molecule is C=CC(=O)Nc1ccc2c(N3CCC(CNc4ncc(C#N)cn4)C3)nnc(N3CC(C#N)C3)c2c1. The molecule has 2 saturated heterocycles. The maximum absolute atomic E-state index is 11.9. The minimum Gasteiger partial charge on any atom is -0.354 e. The Bertz CT molecular complexity index is 1380. The van der Waals surface area contributed by atoms with E-state index in [4.69, 9.17) is 5.26 Å². The van der Waals surface area contributed by atoms with Crippen LogP contribution in [-0.4, -0.2) is 58.8 Å². The molecular formula is C25H24N10O. The predicted molar refractivity (Wildman–Crippen MR) is 135 cm³/mol. The second kappa shape index (κ2) is 9.84. The van der Waals surface area contributed by atoms with Crippen molar-refractivity contribution in [2.75, 3.05) is 53.2 Å². The first-order valence-electron chi connectivity index (χ1n) is 11.7. The molecule has 5 rings (SSSR count). The van der Waals surface area contributed by atoms with Crippen molar-refractivity contribution in [2.45, 2.75) is 6.42 Å². The highest BCUT2D eigenvalue weighted by atomic mass is 16.1. The molecule has 2 aliphatic heterocycles. The molecule has 11 heteroatoms. The van der Waals surface area contributed by atoms with Gasteiger partial charge in [0.15, 0.2) is 11.6 Å². The minimum atomic E-state index is -0.284. The number of fused-ring (bicyclic) bond motifs is 1. The maximum atomic E-state index is 11.9. The molecule has 1 amide bonds. The van der Waals surface area contributed by atoms with E-state index in [0.29, 0.717) is 48.6 Å². The summed E-state index contributed by atoms with van der Waals surface area (Å²) in [6.45, 7) is 7.06. The third-order valence-electron chi connectivity index (χ3n) is 6.47. The fraction of sp³-hybridized carbons (Fsp3) is 0.320. The highest BCUT2D eigenvalue weighted by molar-refractivity contribution is 6.04. The van der Waals surface area contributed by atoms with Crippen molar-refractivity contribution < 1.29 is 4.79 Å². The van der Waals surface area contributed by atoms with Gasteiger partial charge in [-0.2, -0.15) is 10.5 Å². The van der Waals surface area contributed by atoms with E-state index in [1.54, 1.807) is 0 Å². The number of aromatic nitrogens is 4. The summed E-state index contributed by atoms with van der Waals surface area (Å²) in [6, 6.07) is 10.0. The van der Waals surface area contributed by atoms with Gasteiger partial charge in [0.25, 0.3) is 0 Å². The van der Waals surface area contributed by atoms with Gasteiger partial charge < -0.3 is 20.4 Å². The number of nitrogens with one attached hydrogen (secondary N) is 2. The van der Waals surface area contributed by atoms with Crippen LogP contribution in [0.3, 0.4) is 0 Å².